The summed E-state index contributed by atoms with van der Waals surface area (Å²) in [6.45, 7) is 0. The first-order chi connectivity index (χ1) is 10.9. The van der Waals surface area contributed by atoms with E-state index in [0.717, 1.165) is 25.7 Å². The highest BCUT2D eigenvalue weighted by molar-refractivity contribution is 5.40. The third-order valence-corrected chi connectivity index (χ3v) is 4.02. The Balaban J connectivity index is 2.05. The first-order valence-corrected chi connectivity index (χ1v) is 8.02. The van der Waals surface area contributed by atoms with E-state index >= 15 is 0 Å². The van der Waals surface area contributed by atoms with E-state index in [4.69, 9.17) is 0 Å². The number of hydrogen-bond acceptors (Lipinski definition) is 0. The molecule has 0 heteroatoms. The Morgan fingerprint density at radius 2 is 1.00 bits per heavy atom. The second kappa shape index (κ2) is 7.53. The van der Waals surface area contributed by atoms with Crippen LogP contribution in [0.15, 0.2) is 60.7 Å². The SMILES string of the molecule is C1#C[C@@H](c2ccccc2)[C@H](c2ccccc2)C#CCCCC1. The van der Waals surface area contributed by atoms with Crippen LogP contribution in [0.5, 0.6) is 0 Å². The predicted molar refractivity (Wildman–Crippen MR) is 92.4 cm³/mol. The van der Waals surface area contributed by atoms with Crippen molar-refractivity contribution in [3.63, 3.8) is 0 Å². The van der Waals surface area contributed by atoms with Gasteiger partial charge in [-0.1, -0.05) is 72.5 Å². The van der Waals surface area contributed by atoms with Crippen molar-refractivity contribution in [2.45, 2.75) is 37.5 Å². The molecular formula is C22H20. The van der Waals surface area contributed by atoms with Gasteiger partial charge in [0, 0.05) is 12.8 Å². The van der Waals surface area contributed by atoms with Crippen molar-refractivity contribution in [2.24, 2.45) is 0 Å². The maximum absolute atomic E-state index is 3.50. The van der Waals surface area contributed by atoms with Crippen LogP contribution in [-0.4, -0.2) is 0 Å². The molecule has 0 fully saturated rings. The topological polar surface area (TPSA) is 0 Å². The van der Waals surface area contributed by atoms with Gasteiger partial charge in [-0.3, -0.25) is 0 Å². The average molecular weight is 284 g/mol. The standard InChI is InChI=1S/C22H20/c1-2-4-12-18-22(20-15-9-6-10-16-20)21(17-11-3-1)19-13-7-5-8-14-19/h5-10,13-16,21-22H,1-4H2/t21-,22-/m0/s1. The summed E-state index contributed by atoms with van der Waals surface area (Å²) in [5, 5.41) is 0. The third kappa shape index (κ3) is 3.60. The van der Waals surface area contributed by atoms with E-state index < -0.39 is 0 Å². The molecule has 0 saturated carbocycles. The molecule has 0 unspecified atom stereocenters. The van der Waals surface area contributed by atoms with Gasteiger partial charge in [-0.05, 0) is 24.0 Å². The van der Waals surface area contributed by atoms with E-state index in [1.54, 1.807) is 0 Å². The smallest absolute Gasteiger partial charge is 0.0630 e. The van der Waals surface area contributed by atoms with Crippen molar-refractivity contribution in [3.05, 3.63) is 71.8 Å². The minimum atomic E-state index is 0.147. The lowest BCUT2D eigenvalue weighted by Crippen LogP contribution is -2.09. The molecule has 108 valence electrons. The summed E-state index contributed by atoms with van der Waals surface area (Å²) in [7, 11) is 0. The molecule has 1 aliphatic rings. The predicted octanol–water partition coefficient (Wildman–Crippen LogP) is 5.13. The van der Waals surface area contributed by atoms with E-state index in [2.05, 4.69) is 84.3 Å². The first-order valence-electron chi connectivity index (χ1n) is 8.02. The van der Waals surface area contributed by atoms with Crippen LogP contribution in [0.3, 0.4) is 0 Å². The van der Waals surface area contributed by atoms with Crippen molar-refractivity contribution in [2.75, 3.05) is 0 Å². The molecule has 0 nitrogen and oxygen atoms in total. The van der Waals surface area contributed by atoms with Crippen LogP contribution in [0, 0.1) is 23.7 Å². The normalized spacial score (nSPS) is 20.9. The first kappa shape index (κ1) is 14.5. The van der Waals surface area contributed by atoms with Crippen molar-refractivity contribution in [1.29, 1.82) is 0 Å². The van der Waals surface area contributed by atoms with Crippen molar-refractivity contribution in [3.8, 4) is 23.7 Å². The maximum Gasteiger partial charge on any atom is 0.0630 e. The van der Waals surface area contributed by atoms with E-state index in [1.807, 2.05) is 0 Å². The Labute approximate surface area is 133 Å². The molecule has 3 rings (SSSR count). The summed E-state index contributed by atoms with van der Waals surface area (Å²) in [6, 6.07) is 21.1. The number of hydrogen-bond donors (Lipinski definition) is 0. The van der Waals surface area contributed by atoms with Crippen LogP contribution in [0.2, 0.25) is 0 Å². The highest BCUT2D eigenvalue weighted by Crippen LogP contribution is 2.32. The lowest BCUT2D eigenvalue weighted by molar-refractivity contribution is 0.752. The minimum Gasteiger partial charge on any atom is -0.103 e. The van der Waals surface area contributed by atoms with E-state index in [-0.39, 0.29) is 11.8 Å². The third-order valence-electron chi connectivity index (χ3n) is 4.02. The molecule has 22 heavy (non-hydrogen) atoms. The molecule has 0 saturated heterocycles. The van der Waals surface area contributed by atoms with Crippen molar-refractivity contribution >= 4 is 0 Å². The summed E-state index contributed by atoms with van der Waals surface area (Å²) >= 11 is 0. The molecule has 0 aromatic heterocycles. The van der Waals surface area contributed by atoms with E-state index in [1.165, 1.54) is 11.1 Å². The fourth-order valence-electron chi connectivity index (χ4n) is 2.83. The van der Waals surface area contributed by atoms with Gasteiger partial charge in [0.1, 0.15) is 0 Å². The second-order valence-corrected chi connectivity index (χ2v) is 5.63. The fraction of sp³-hybridized carbons (Fsp3) is 0.273. The van der Waals surface area contributed by atoms with Crippen molar-refractivity contribution in [1.82, 2.24) is 0 Å². The summed E-state index contributed by atoms with van der Waals surface area (Å²) in [5.41, 5.74) is 2.53. The van der Waals surface area contributed by atoms with Gasteiger partial charge in [-0.25, -0.2) is 0 Å². The van der Waals surface area contributed by atoms with E-state index in [9.17, 15) is 0 Å². The summed E-state index contributed by atoms with van der Waals surface area (Å²) in [6.07, 6.45) is 4.26. The molecule has 0 spiro atoms. The fourth-order valence-corrected chi connectivity index (χ4v) is 2.83. The van der Waals surface area contributed by atoms with Crippen LogP contribution >= 0.6 is 0 Å². The molecule has 2 atom stereocenters. The number of rotatable bonds is 2. The molecular weight excluding hydrogens is 264 g/mol. The van der Waals surface area contributed by atoms with Gasteiger partial charge in [-0.15, -0.1) is 11.8 Å². The molecule has 2 aromatic rings. The number of benzene rings is 2. The Morgan fingerprint density at radius 3 is 1.41 bits per heavy atom. The van der Waals surface area contributed by atoms with Gasteiger partial charge < -0.3 is 0 Å². The van der Waals surface area contributed by atoms with Crippen LogP contribution in [-0.2, 0) is 0 Å². The highest BCUT2D eigenvalue weighted by Gasteiger charge is 2.21. The van der Waals surface area contributed by atoms with Crippen LogP contribution in [0.25, 0.3) is 0 Å². The van der Waals surface area contributed by atoms with Crippen LogP contribution in [0.4, 0.5) is 0 Å². The Kier molecular flexibility index (Phi) is 4.96. The second-order valence-electron chi connectivity index (χ2n) is 5.63. The quantitative estimate of drug-likeness (QED) is 0.670. The summed E-state index contributed by atoms with van der Waals surface area (Å²) < 4.78 is 0. The van der Waals surface area contributed by atoms with Gasteiger partial charge >= 0.3 is 0 Å². The van der Waals surface area contributed by atoms with Gasteiger partial charge in [0.2, 0.25) is 0 Å². The molecule has 2 aromatic carbocycles. The Bertz CT molecular complexity index is 639. The zero-order chi connectivity index (χ0) is 15.0. The Morgan fingerprint density at radius 1 is 0.591 bits per heavy atom. The molecule has 0 heterocycles. The van der Waals surface area contributed by atoms with Crippen molar-refractivity contribution < 1.29 is 0 Å². The van der Waals surface area contributed by atoms with Gasteiger partial charge in [0.25, 0.3) is 0 Å². The lowest BCUT2D eigenvalue weighted by atomic mass is 9.81. The molecule has 0 radical (unpaired) electrons. The average Bonchev–Trinajstić information content (AvgIpc) is 2.60. The van der Waals surface area contributed by atoms with E-state index in [0.29, 0.717) is 0 Å². The zero-order valence-corrected chi connectivity index (χ0v) is 12.8. The Hall–Kier alpha value is -2.44. The molecule has 0 N–H and O–H groups in total. The summed E-state index contributed by atoms with van der Waals surface area (Å²) in [4.78, 5) is 0. The van der Waals surface area contributed by atoms with Gasteiger partial charge in [0.05, 0.1) is 11.8 Å². The zero-order valence-electron chi connectivity index (χ0n) is 12.8. The molecule has 0 aliphatic heterocycles. The lowest BCUT2D eigenvalue weighted by Gasteiger charge is -2.20. The van der Waals surface area contributed by atoms with Crippen LogP contribution < -0.4 is 0 Å². The minimum absolute atomic E-state index is 0.147. The summed E-state index contributed by atoms with van der Waals surface area (Å²) in [5.74, 6) is 14.1. The highest BCUT2D eigenvalue weighted by atomic mass is 14.2. The van der Waals surface area contributed by atoms with Gasteiger partial charge in [0.15, 0.2) is 0 Å². The molecule has 1 aliphatic carbocycles. The maximum atomic E-state index is 3.50. The molecule has 0 amide bonds. The monoisotopic (exact) mass is 284 g/mol. The largest absolute Gasteiger partial charge is 0.103 e. The van der Waals surface area contributed by atoms with Gasteiger partial charge in [-0.2, -0.15) is 0 Å². The van der Waals surface area contributed by atoms with Crippen LogP contribution in [0.1, 0.15) is 48.6 Å². The molecule has 0 bridgehead atoms.